The Labute approximate surface area is 153 Å². The van der Waals surface area contributed by atoms with Crippen LogP contribution in [0.5, 0.6) is 0 Å². The van der Waals surface area contributed by atoms with Crippen molar-refractivity contribution in [1.29, 1.82) is 0 Å². The van der Waals surface area contributed by atoms with Crippen LogP contribution in [0.1, 0.15) is 34.4 Å². The number of amides is 1. The molecule has 4 rings (SSSR count). The van der Waals surface area contributed by atoms with Crippen LogP contribution in [0, 0.1) is 0 Å². The molecule has 0 spiro atoms. The Morgan fingerprint density at radius 2 is 2.08 bits per heavy atom. The van der Waals surface area contributed by atoms with Crippen molar-refractivity contribution in [3.63, 3.8) is 0 Å². The summed E-state index contributed by atoms with van der Waals surface area (Å²) in [6, 6.07) is 10.3. The molecule has 1 saturated heterocycles. The summed E-state index contributed by atoms with van der Waals surface area (Å²) >= 11 is 0. The van der Waals surface area contributed by atoms with Gasteiger partial charge in [-0.05, 0) is 25.3 Å². The molecule has 1 aromatic carbocycles. The number of rotatable bonds is 4. The van der Waals surface area contributed by atoms with Gasteiger partial charge in [-0.25, -0.2) is 9.97 Å². The normalized spacial score (nSPS) is 19.8. The monoisotopic (exact) mass is 352 g/mol. The van der Waals surface area contributed by atoms with Gasteiger partial charge < -0.3 is 15.0 Å². The number of aryl methyl sites for hydroxylation is 2. The second-order valence-electron chi connectivity index (χ2n) is 6.91. The summed E-state index contributed by atoms with van der Waals surface area (Å²) in [5.41, 5.74) is 2.77. The number of fused-ring (bicyclic) bond motifs is 1. The van der Waals surface area contributed by atoms with Gasteiger partial charge >= 0.3 is 0 Å². The van der Waals surface area contributed by atoms with Crippen LogP contribution in [0.25, 0.3) is 0 Å². The molecule has 1 N–H and O–H groups in total. The van der Waals surface area contributed by atoms with Crippen LogP contribution >= 0.6 is 0 Å². The van der Waals surface area contributed by atoms with E-state index in [2.05, 4.69) is 34.3 Å². The smallest absolute Gasteiger partial charge is 0.270 e. The molecule has 136 valence electrons. The highest BCUT2D eigenvalue weighted by Gasteiger charge is 2.28. The zero-order valence-corrected chi connectivity index (χ0v) is 15.1. The van der Waals surface area contributed by atoms with Crippen molar-refractivity contribution in [3.05, 3.63) is 53.0 Å². The lowest BCUT2D eigenvalue weighted by Crippen LogP contribution is -2.43. The van der Waals surface area contributed by atoms with Crippen molar-refractivity contribution in [2.45, 2.75) is 32.3 Å². The van der Waals surface area contributed by atoms with Crippen molar-refractivity contribution < 1.29 is 9.53 Å². The van der Waals surface area contributed by atoms with Gasteiger partial charge in [-0.1, -0.05) is 30.3 Å². The van der Waals surface area contributed by atoms with E-state index in [4.69, 9.17) is 9.72 Å². The molecule has 1 atom stereocenters. The van der Waals surface area contributed by atoms with E-state index >= 15 is 0 Å². The number of hydrogen-bond acceptors (Lipinski definition) is 5. The van der Waals surface area contributed by atoms with Crippen LogP contribution in [-0.2, 0) is 24.0 Å². The molecule has 2 aliphatic rings. The maximum Gasteiger partial charge on any atom is 0.270 e. The summed E-state index contributed by atoms with van der Waals surface area (Å²) in [5, 5.41) is 2.91. The average Bonchev–Trinajstić information content (AvgIpc) is 2.67. The Hall–Kier alpha value is -2.47. The lowest BCUT2D eigenvalue weighted by atomic mass is 10.0. The second-order valence-corrected chi connectivity index (χ2v) is 6.91. The maximum atomic E-state index is 12.4. The molecule has 1 fully saturated rings. The van der Waals surface area contributed by atoms with Gasteiger partial charge in [0.25, 0.3) is 5.91 Å². The SMILES string of the molecule is CC1CN(c2nc(CCc3ccccc3)nc3c2CCNC3=O)CCO1. The lowest BCUT2D eigenvalue weighted by molar-refractivity contribution is 0.0528. The van der Waals surface area contributed by atoms with E-state index in [9.17, 15) is 4.79 Å². The Morgan fingerprint density at radius 3 is 2.88 bits per heavy atom. The Morgan fingerprint density at radius 1 is 1.23 bits per heavy atom. The first-order chi connectivity index (χ1) is 12.7. The van der Waals surface area contributed by atoms with Gasteiger partial charge in [-0.3, -0.25) is 4.79 Å². The minimum Gasteiger partial charge on any atom is -0.375 e. The van der Waals surface area contributed by atoms with Crippen molar-refractivity contribution in [2.24, 2.45) is 0 Å². The second kappa shape index (κ2) is 7.41. The van der Waals surface area contributed by atoms with Crippen LogP contribution in [0.3, 0.4) is 0 Å². The average molecular weight is 352 g/mol. The fourth-order valence-corrected chi connectivity index (χ4v) is 3.60. The number of aromatic nitrogens is 2. The molecular formula is C20H24N4O2. The van der Waals surface area contributed by atoms with E-state index < -0.39 is 0 Å². The van der Waals surface area contributed by atoms with Crippen LogP contribution in [0.2, 0.25) is 0 Å². The van der Waals surface area contributed by atoms with Gasteiger partial charge in [0.05, 0.1) is 12.7 Å². The first-order valence-electron chi connectivity index (χ1n) is 9.29. The van der Waals surface area contributed by atoms with Crippen molar-refractivity contribution in [2.75, 3.05) is 31.1 Å². The highest BCUT2D eigenvalue weighted by molar-refractivity contribution is 5.96. The number of hydrogen-bond donors (Lipinski definition) is 1. The number of carbonyl (C=O) groups excluding carboxylic acids is 1. The number of anilines is 1. The van der Waals surface area contributed by atoms with Gasteiger partial charge in [-0.2, -0.15) is 0 Å². The molecule has 6 nitrogen and oxygen atoms in total. The summed E-state index contributed by atoms with van der Waals surface area (Å²) in [4.78, 5) is 24.1. The predicted molar refractivity (Wildman–Crippen MR) is 99.5 cm³/mol. The molecule has 1 unspecified atom stereocenters. The molecule has 26 heavy (non-hydrogen) atoms. The van der Waals surface area contributed by atoms with E-state index in [1.54, 1.807) is 0 Å². The number of carbonyl (C=O) groups is 1. The molecule has 6 heteroatoms. The number of nitrogens with one attached hydrogen (secondary N) is 1. The predicted octanol–water partition coefficient (Wildman–Crippen LogP) is 1.77. The zero-order chi connectivity index (χ0) is 17.9. The third kappa shape index (κ3) is 3.55. The van der Waals surface area contributed by atoms with E-state index in [1.807, 2.05) is 18.2 Å². The third-order valence-corrected chi connectivity index (χ3v) is 4.93. The van der Waals surface area contributed by atoms with Crippen LogP contribution in [0.15, 0.2) is 30.3 Å². The number of morpholine rings is 1. The van der Waals surface area contributed by atoms with E-state index in [0.717, 1.165) is 49.6 Å². The number of benzene rings is 1. The molecular weight excluding hydrogens is 328 g/mol. The summed E-state index contributed by atoms with van der Waals surface area (Å²) < 4.78 is 5.67. The Bertz CT molecular complexity index is 794. The molecule has 0 saturated carbocycles. The minimum absolute atomic E-state index is 0.0860. The molecule has 1 amide bonds. The van der Waals surface area contributed by atoms with Crippen molar-refractivity contribution in [1.82, 2.24) is 15.3 Å². The third-order valence-electron chi connectivity index (χ3n) is 4.93. The Balaban J connectivity index is 1.65. The molecule has 0 bridgehead atoms. The first-order valence-corrected chi connectivity index (χ1v) is 9.29. The van der Waals surface area contributed by atoms with Gasteiger partial charge in [0.1, 0.15) is 17.3 Å². The molecule has 1 aromatic heterocycles. The molecule has 0 aliphatic carbocycles. The summed E-state index contributed by atoms with van der Waals surface area (Å²) in [6.07, 6.45) is 2.53. The van der Waals surface area contributed by atoms with Crippen molar-refractivity contribution >= 4 is 11.7 Å². The first kappa shape index (κ1) is 17.0. The van der Waals surface area contributed by atoms with Gasteiger partial charge in [-0.15, -0.1) is 0 Å². The number of ether oxygens (including phenoxy) is 1. The van der Waals surface area contributed by atoms with Crippen LogP contribution in [-0.4, -0.2) is 48.2 Å². The molecule has 0 radical (unpaired) electrons. The fraction of sp³-hybridized carbons (Fsp3) is 0.450. The van der Waals surface area contributed by atoms with Gasteiger partial charge in [0.2, 0.25) is 0 Å². The van der Waals surface area contributed by atoms with E-state index in [0.29, 0.717) is 18.8 Å². The highest BCUT2D eigenvalue weighted by Crippen LogP contribution is 2.26. The van der Waals surface area contributed by atoms with Gasteiger partial charge in [0.15, 0.2) is 0 Å². The summed E-state index contributed by atoms with van der Waals surface area (Å²) in [5.74, 6) is 1.57. The largest absolute Gasteiger partial charge is 0.375 e. The fourth-order valence-electron chi connectivity index (χ4n) is 3.60. The summed E-state index contributed by atoms with van der Waals surface area (Å²) in [6.45, 7) is 5.00. The van der Waals surface area contributed by atoms with E-state index in [-0.39, 0.29) is 12.0 Å². The highest BCUT2D eigenvalue weighted by atomic mass is 16.5. The molecule has 3 heterocycles. The zero-order valence-electron chi connectivity index (χ0n) is 15.1. The Kier molecular flexibility index (Phi) is 4.84. The number of nitrogens with zero attached hydrogens (tertiary/aromatic N) is 3. The quantitative estimate of drug-likeness (QED) is 0.908. The van der Waals surface area contributed by atoms with Gasteiger partial charge in [0, 0.05) is 31.6 Å². The molecule has 2 aliphatic heterocycles. The lowest BCUT2D eigenvalue weighted by Gasteiger charge is -2.34. The van der Waals surface area contributed by atoms with Crippen LogP contribution in [0.4, 0.5) is 5.82 Å². The standard InChI is InChI=1S/C20H24N4O2/c1-14-13-24(11-12-26-14)19-16-9-10-21-20(25)18(16)22-17(23-19)8-7-15-5-3-2-4-6-15/h2-6,14H,7-13H2,1H3,(H,21,25). The van der Waals surface area contributed by atoms with E-state index in [1.165, 1.54) is 5.56 Å². The summed E-state index contributed by atoms with van der Waals surface area (Å²) in [7, 11) is 0. The molecule has 2 aromatic rings. The minimum atomic E-state index is -0.0860. The van der Waals surface area contributed by atoms with Crippen molar-refractivity contribution in [3.8, 4) is 0 Å². The topological polar surface area (TPSA) is 67.4 Å². The maximum absolute atomic E-state index is 12.4. The van der Waals surface area contributed by atoms with Crippen LogP contribution < -0.4 is 10.2 Å².